The van der Waals surface area contributed by atoms with Crippen molar-refractivity contribution in [1.29, 1.82) is 0 Å². The molecule has 2 unspecified atom stereocenters. The zero-order chi connectivity index (χ0) is 16.2. The fraction of sp³-hybridized carbons (Fsp3) is 0.778. The Bertz CT molecular complexity index is 368. The molecule has 0 bridgehead atoms. The minimum absolute atomic E-state index is 0. The van der Waals surface area contributed by atoms with Crippen molar-refractivity contribution in [3.05, 3.63) is 12.2 Å². The first-order chi connectivity index (χ1) is 10.7. The average molecular weight is 332 g/mol. The second kappa shape index (κ2) is 14.1. The molecule has 1 aliphatic carbocycles. The monoisotopic (exact) mass is 332 g/mol. The number of allylic oxidation sites excluding steroid dienone is 2. The molecule has 0 heterocycles. The van der Waals surface area contributed by atoms with Gasteiger partial charge >= 0.3 is 35.5 Å². The first kappa shape index (κ1) is 22.7. The van der Waals surface area contributed by atoms with E-state index in [4.69, 9.17) is 4.74 Å². The summed E-state index contributed by atoms with van der Waals surface area (Å²) in [6.45, 7) is 2.56. The van der Waals surface area contributed by atoms with E-state index in [0.29, 0.717) is 19.4 Å². The molecule has 23 heavy (non-hydrogen) atoms. The fourth-order valence-electron chi connectivity index (χ4n) is 2.92. The van der Waals surface area contributed by atoms with E-state index in [-0.39, 0.29) is 35.5 Å². The van der Waals surface area contributed by atoms with E-state index in [1.807, 2.05) is 0 Å². The molecule has 0 aromatic carbocycles. The van der Waals surface area contributed by atoms with Crippen molar-refractivity contribution in [1.82, 2.24) is 0 Å². The van der Waals surface area contributed by atoms with Gasteiger partial charge in [-0.3, -0.25) is 4.79 Å². The number of carboxylic acid groups (broad SMARTS) is 1. The average Bonchev–Trinajstić information content (AvgIpc) is 2.53. The van der Waals surface area contributed by atoms with Gasteiger partial charge in [-0.15, -0.1) is 0 Å². The van der Waals surface area contributed by atoms with Gasteiger partial charge in [-0.2, -0.15) is 0 Å². The molecule has 126 valence electrons. The van der Waals surface area contributed by atoms with Gasteiger partial charge in [-0.05, 0) is 38.5 Å². The number of unbranched alkanes of at least 4 members (excludes halogenated alkanes) is 4. The van der Waals surface area contributed by atoms with Gasteiger partial charge in [0.05, 0.1) is 12.5 Å². The maximum absolute atomic E-state index is 12.0. The maximum Gasteiger partial charge on any atom is 1.00 e. The number of ether oxygens (including phenoxy) is 1. The molecule has 0 radical (unpaired) electrons. The Balaban J connectivity index is 0.00000484. The summed E-state index contributed by atoms with van der Waals surface area (Å²) in [4.78, 5) is 23.1. The summed E-state index contributed by atoms with van der Waals surface area (Å²) in [5.74, 6) is -2.65. The van der Waals surface area contributed by atoms with E-state index in [2.05, 4.69) is 19.1 Å². The maximum atomic E-state index is 12.0. The number of rotatable bonds is 10. The molecule has 1 saturated carbocycles. The first-order valence-corrected chi connectivity index (χ1v) is 8.69. The van der Waals surface area contributed by atoms with Crippen LogP contribution in [0.4, 0.5) is 0 Å². The quantitative estimate of drug-likeness (QED) is 0.245. The largest absolute Gasteiger partial charge is 1.00 e. The van der Waals surface area contributed by atoms with Crippen LogP contribution in [0.25, 0.3) is 0 Å². The second-order valence-corrected chi connectivity index (χ2v) is 6.09. The summed E-state index contributed by atoms with van der Waals surface area (Å²) in [6.07, 6.45) is 13.7. The van der Waals surface area contributed by atoms with Gasteiger partial charge in [-0.25, -0.2) is 0 Å². The van der Waals surface area contributed by atoms with Crippen molar-refractivity contribution in [2.24, 2.45) is 11.8 Å². The number of hydrogen-bond acceptors (Lipinski definition) is 4. The van der Waals surface area contributed by atoms with E-state index in [9.17, 15) is 14.7 Å². The number of esters is 1. The van der Waals surface area contributed by atoms with Crippen molar-refractivity contribution >= 4 is 11.9 Å². The van der Waals surface area contributed by atoms with Crippen molar-refractivity contribution in [3.63, 3.8) is 0 Å². The van der Waals surface area contributed by atoms with Gasteiger partial charge in [0.25, 0.3) is 0 Å². The molecule has 0 amide bonds. The van der Waals surface area contributed by atoms with Crippen LogP contribution in [0.15, 0.2) is 12.2 Å². The zero-order valence-electron chi connectivity index (χ0n) is 14.7. The Kier molecular flexibility index (Phi) is 13.9. The van der Waals surface area contributed by atoms with Crippen LogP contribution in [0.2, 0.25) is 0 Å². The van der Waals surface area contributed by atoms with Gasteiger partial charge in [-0.1, -0.05) is 44.8 Å². The van der Waals surface area contributed by atoms with Crippen molar-refractivity contribution < 1.29 is 49.0 Å². The Morgan fingerprint density at radius 2 is 1.65 bits per heavy atom. The van der Waals surface area contributed by atoms with E-state index in [1.54, 1.807) is 0 Å². The molecule has 0 N–H and O–H groups in total. The van der Waals surface area contributed by atoms with Gasteiger partial charge in [0.2, 0.25) is 0 Å². The van der Waals surface area contributed by atoms with Crippen LogP contribution in [-0.4, -0.2) is 18.5 Å². The number of carbonyl (C=O) groups is 2. The van der Waals surface area contributed by atoms with Crippen molar-refractivity contribution in [3.8, 4) is 0 Å². The number of hydrogen-bond donors (Lipinski definition) is 0. The second-order valence-electron chi connectivity index (χ2n) is 6.09. The summed E-state index contributed by atoms with van der Waals surface area (Å²) in [5.41, 5.74) is 0. The van der Waals surface area contributed by atoms with Crippen LogP contribution in [0.3, 0.4) is 0 Å². The van der Waals surface area contributed by atoms with Crippen LogP contribution >= 0.6 is 0 Å². The molecule has 0 aromatic heterocycles. The van der Waals surface area contributed by atoms with Gasteiger partial charge in [0.15, 0.2) is 0 Å². The third-order valence-corrected chi connectivity index (χ3v) is 4.27. The van der Waals surface area contributed by atoms with Crippen LogP contribution in [0.1, 0.15) is 71.1 Å². The predicted octanol–water partition coefficient (Wildman–Crippen LogP) is 0.00660. The SMILES string of the molecule is CCCCC/C=C/CCCOC(=O)C1CCCCC1C(=O)[O-].[Na+]. The molecule has 4 nitrogen and oxygen atoms in total. The Labute approximate surface area is 162 Å². The summed E-state index contributed by atoms with van der Waals surface area (Å²) in [5, 5.41) is 11.1. The third kappa shape index (κ3) is 9.53. The normalized spacial score (nSPS) is 20.9. The summed E-state index contributed by atoms with van der Waals surface area (Å²) < 4.78 is 5.24. The number of carboxylic acids is 1. The van der Waals surface area contributed by atoms with Crippen molar-refractivity contribution in [2.75, 3.05) is 6.61 Å². The van der Waals surface area contributed by atoms with E-state index < -0.39 is 17.8 Å². The minimum Gasteiger partial charge on any atom is -0.550 e. The number of carbonyl (C=O) groups excluding carboxylic acids is 2. The Morgan fingerprint density at radius 1 is 1.04 bits per heavy atom. The van der Waals surface area contributed by atoms with Crippen LogP contribution in [0, 0.1) is 11.8 Å². The third-order valence-electron chi connectivity index (χ3n) is 4.27. The summed E-state index contributed by atoms with van der Waals surface area (Å²) in [6, 6.07) is 0. The van der Waals surface area contributed by atoms with Gasteiger partial charge in [0.1, 0.15) is 0 Å². The van der Waals surface area contributed by atoms with Gasteiger partial charge in [0, 0.05) is 11.9 Å². The van der Waals surface area contributed by atoms with Crippen LogP contribution in [-0.2, 0) is 14.3 Å². The standard InChI is InChI=1S/C18H30O4.Na/c1-2-3-4-5-6-7-8-11-14-22-18(21)16-13-10-9-12-15(16)17(19)20;/h6-7,15-16H,2-5,8-14H2,1H3,(H,19,20);/q;+1/p-1/b7-6+;. The van der Waals surface area contributed by atoms with Crippen LogP contribution in [0.5, 0.6) is 0 Å². The molecular weight excluding hydrogens is 303 g/mol. The molecule has 0 saturated heterocycles. The molecule has 0 aliphatic heterocycles. The smallest absolute Gasteiger partial charge is 0.550 e. The van der Waals surface area contributed by atoms with Crippen LogP contribution < -0.4 is 34.7 Å². The van der Waals surface area contributed by atoms with E-state index in [1.165, 1.54) is 19.3 Å². The molecular formula is C18H29NaO4. The first-order valence-electron chi connectivity index (χ1n) is 8.69. The number of aliphatic carboxylic acids is 1. The minimum atomic E-state index is -1.11. The molecule has 1 fully saturated rings. The predicted molar refractivity (Wildman–Crippen MR) is 83.9 cm³/mol. The molecule has 0 spiro atoms. The van der Waals surface area contributed by atoms with Crippen molar-refractivity contribution in [2.45, 2.75) is 71.1 Å². The summed E-state index contributed by atoms with van der Waals surface area (Å²) >= 11 is 0. The zero-order valence-corrected chi connectivity index (χ0v) is 16.7. The molecule has 1 aliphatic rings. The Hall–Kier alpha value is -0.320. The molecule has 2 atom stereocenters. The van der Waals surface area contributed by atoms with E-state index >= 15 is 0 Å². The molecule has 0 aromatic rings. The summed E-state index contributed by atoms with van der Waals surface area (Å²) in [7, 11) is 0. The fourth-order valence-corrected chi connectivity index (χ4v) is 2.92. The Morgan fingerprint density at radius 3 is 2.26 bits per heavy atom. The topological polar surface area (TPSA) is 66.4 Å². The molecule has 1 rings (SSSR count). The molecule has 5 heteroatoms. The van der Waals surface area contributed by atoms with E-state index in [0.717, 1.165) is 32.1 Å². The van der Waals surface area contributed by atoms with Gasteiger partial charge < -0.3 is 14.6 Å².